The second-order valence-electron chi connectivity index (χ2n) is 5.14. The topological polar surface area (TPSA) is 43.4 Å². The number of hydrogen-bond donors (Lipinski definition) is 1. The van der Waals surface area contributed by atoms with E-state index in [1.54, 1.807) is 12.4 Å². The molecule has 1 saturated carbocycles. The lowest BCUT2D eigenvalue weighted by molar-refractivity contribution is -0.184. The van der Waals surface area contributed by atoms with Gasteiger partial charge in [0.2, 0.25) is 0 Å². The van der Waals surface area contributed by atoms with Crippen LogP contribution in [0.4, 0.5) is 5.69 Å². The highest BCUT2D eigenvalue weighted by molar-refractivity contribution is 6.33. The fourth-order valence-corrected chi connectivity index (χ4v) is 3.33. The van der Waals surface area contributed by atoms with Crippen molar-refractivity contribution >= 4 is 17.3 Å². The van der Waals surface area contributed by atoms with E-state index in [-0.39, 0.29) is 17.7 Å². The highest BCUT2D eigenvalue weighted by atomic mass is 35.5. The molecule has 0 amide bonds. The average molecular weight is 283 g/mol. The van der Waals surface area contributed by atoms with E-state index in [0.29, 0.717) is 5.02 Å². The van der Waals surface area contributed by atoms with Gasteiger partial charge < -0.3 is 14.8 Å². The Kier molecular flexibility index (Phi) is 3.65. The van der Waals surface area contributed by atoms with Gasteiger partial charge in [0.25, 0.3) is 0 Å². The third kappa shape index (κ3) is 2.22. The Bertz CT molecular complexity index is 449. The number of pyridine rings is 1. The summed E-state index contributed by atoms with van der Waals surface area (Å²) in [6.45, 7) is 3.59. The van der Waals surface area contributed by atoms with Crippen molar-refractivity contribution in [1.29, 1.82) is 0 Å². The number of halogens is 1. The fraction of sp³-hybridized carbons (Fsp3) is 0.643. The molecule has 19 heavy (non-hydrogen) atoms. The number of aromatic nitrogens is 1. The summed E-state index contributed by atoms with van der Waals surface area (Å²) in [6.07, 6.45) is 6.73. The number of ether oxygens (including phenoxy) is 2. The molecule has 1 aromatic heterocycles. The van der Waals surface area contributed by atoms with Crippen molar-refractivity contribution in [2.45, 2.75) is 43.9 Å². The molecular formula is C14H19ClN2O2. The summed E-state index contributed by atoms with van der Waals surface area (Å²) in [5, 5.41) is 4.14. The van der Waals surface area contributed by atoms with Crippen LogP contribution in [0.15, 0.2) is 18.5 Å². The summed E-state index contributed by atoms with van der Waals surface area (Å²) >= 11 is 6.14. The number of rotatable bonds is 4. The summed E-state index contributed by atoms with van der Waals surface area (Å²) in [7, 11) is 0. The maximum atomic E-state index is 6.14. The van der Waals surface area contributed by atoms with E-state index in [1.807, 2.05) is 13.0 Å². The molecule has 5 heteroatoms. The second-order valence-corrected chi connectivity index (χ2v) is 5.55. The van der Waals surface area contributed by atoms with E-state index in [2.05, 4.69) is 10.3 Å². The Hall–Kier alpha value is -0.840. The van der Waals surface area contributed by atoms with E-state index >= 15 is 0 Å². The Morgan fingerprint density at radius 2 is 2.53 bits per heavy atom. The summed E-state index contributed by atoms with van der Waals surface area (Å²) < 4.78 is 11.8. The Balaban J connectivity index is 1.74. The predicted octanol–water partition coefficient (Wildman–Crippen LogP) is 2.87. The monoisotopic (exact) mass is 282 g/mol. The van der Waals surface area contributed by atoms with Crippen LogP contribution in [0.2, 0.25) is 5.02 Å². The number of nitrogens with zero attached hydrogens (tertiary/aromatic N) is 1. The molecule has 1 aromatic rings. The first-order chi connectivity index (χ1) is 9.26. The van der Waals surface area contributed by atoms with Crippen molar-refractivity contribution in [3.63, 3.8) is 0 Å². The molecule has 1 saturated heterocycles. The average Bonchev–Trinajstić information content (AvgIpc) is 2.92. The quantitative estimate of drug-likeness (QED) is 0.922. The highest BCUT2D eigenvalue weighted by Crippen LogP contribution is 2.47. The number of anilines is 1. The van der Waals surface area contributed by atoms with Crippen molar-refractivity contribution in [1.82, 2.24) is 4.98 Å². The van der Waals surface area contributed by atoms with Crippen molar-refractivity contribution in [3.05, 3.63) is 23.5 Å². The van der Waals surface area contributed by atoms with Crippen LogP contribution < -0.4 is 5.32 Å². The molecule has 2 aliphatic rings. The zero-order valence-corrected chi connectivity index (χ0v) is 11.8. The summed E-state index contributed by atoms with van der Waals surface area (Å²) in [5.41, 5.74) is 0.759. The van der Waals surface area contributed by atoms with Gasteiger partial charge in [-0.15, -0.1) is 0 Å². The lowest BCUT2D eigenvalue weighted by Crippen LogP contribution is -2.66. The molecule has 3 atom stereocenters. The third-order valence-corrected chi connectivity index (χ3v) is 4.44. The molecule has 104 valence electrons. The highest BCUT2D eigenvalue weighted by Gasteiger charge is 2.58. The molecule has 4 nitrogen and oxygen atoms in total. The maximum absolute atomic E-state index is 6.14. The van der Waals surface area contributed by atoms with Gasteiger partial charge in [0.05, 0.1) is 22.9 Å². The van der Waals surface area contributed by atoms with Crippen LogP contribution in [0.1, 0.15) is 26.2 Å². The maximum Gasteiger partial charge on any atom is 0.114 e. The first-order valence-corrected chi connectivity index (χ1v) is 7.25. The molecule has 1 spiro atoms. The van der Waals surface area contributed by atoms with E-state index in [4.69, 9.17) is 21.1 Å². The molecule has 0 bridgehead atoms. The van der Waals surface area contributed by atoms with Crippen LogP contribution in [-0.2, 0) is 9.47 Å². The molecule has 3 unspecified atom stereocenters. The SMILES string of the molecule is CCOC1CC(Nc2ccncc2Cl)C12CCCO2. The van der Waals surface area contributed by atoms with Gasteiger partial charge in [-0.25, -0.2) is 0 Å². The van der Waals surface area contributed by atoms with Crippen LogP contribution in [0.3, 0.4) is 0 Å². The van der Waals surface area contributed by atoms with Crippen molar-refractivity contribution in [3.8, 4) is 0 Å². The van der Waals surface area contributed by atoms with E-state index < -0.39 is 0 Å². The number of nitrogens with one attached hydrogen (secondary N) is 1. The van der Waals surface area contributed by atoms with Crippen molar-refractivity contribution in [2.75, 3.05) is 18.5 Å². The van der Waals surface area contributed by atoms with Crippen LogP contribution in [0.5, 0.6) is 0 Å². The molecule has 1 aliphatic heterocycles. The smallest absolute Gasteiger partial charge is 0.114 e. The van der Waals surface area contributed by atoms with Crippen LogP contribution >= 0.6 is 11.6 Å². The minimum atomic E-state index is -0.164. The minimum absolute atomic E-state index is 0.164. The normalized spacial score (nSPS) is 33.4. The summed E-state index contributed by atoms with van der Waals surface area (Å²) in [5.74, 6) is 0. The van der Waals surface area contributed by atoms with Gasteiger partial charge in [-0.2, -0.15) is 0 Å². The second kappa shape index (κ2) is 5.27. The zero-order valence-electron chi connectivity index (χ0n) is 11.1. The molecule has 1 aliphatic carbocycles. The minimum Gasteiger partial charge on any atom is -0.378 e. The molecule has 0 aromatic carbocycles. The summed E-state index contributed by atoms with van der Waals surface area (Å²) in [6, 6.07) is 2.17. The summed E-state index contributed by atoms with van der Waals surface area (Å²) in [4.78, 5) is 4.00. The van der Waals surface area contributed by atoms with Gasteiger partial charge in [-0.3, -0.25) is 4.98 Å². The van der Waals surface area contributed by atoms with Crippen LogP contribution in [-0.4, -0.2) is 35.9 Å². The van der Waals surface area contributed by atoms with E-state index in [1.165, 1.54) is 0 Å². The first-order valence-electron chi connectivity index (χ1n) is 6.88. The van der Waals surface area contributed by atoms with Crippen LogP contribution in [0.25, 0.3) is 0 Å². The van der Waals surface area contributed by atoms with Gasteiger partial charge in [0.1, 0.15) is 5.60 Å². The Morgan fingerprint density at radius 3 is 3.21 bits per heavy atom. The first kappa shape index (κ1) is 13.2. The molecule has 2 heterocycles. The molecule has 0 radical (unpaired) electrons. The van der Waals surface area contributed by atoms with Crippen molar-refractivity contribution < 1.29 is 9.47 Å². The molecule has 3 rings (SSSR count). The van der Waals surface area contributed by atoms with Gasteiger partial charge in [-0.05, 0) is 32.3 Å². The van der Waals surface area contributed by atoms with E-state index in [0.717, 1.165) is 38.2 Å². The standard InChI is InChI=1S/C14H19ClN2O2/c1-2-18-13-8-12(14(13)5-3-7-19-14)17-11-4-6-16-9-10(11)15/h4,6,9,12-13H,2-3,5,7-8H2,1H3,(H,16,17). The fourth-order valence-electron chi connectivity index (χ4n) is 3.16. The Morgan fingerprint density at radius 1 is 1.63 bits per heavy atom. The lowest BCUT2D eigenvalue weighted by Gasteiger charge is -2.53. The third-order valence-electron chi connectivity index (χ3n) is 4.14. The molecule has 1 N–H and O–H groups in total. The molecule has 2 fully saturated rings. The van der Waals surface area contributed by atoms with Gasteiger partial charge >= 0.3 is 0 Å². The van der Waals surface area contributed by atoms with Gasteiger partial charge in [0, 0.05) is 25.6 Å². The van der Waals surface area contributed by atoms with Gasteiger partial charge in [0.15, 0.2) is 0 Å². The largest absolute Gasteiger partial charge is 0.378 e. The van der Waals surface area contributed by atoms with Crippen LogP contribution in [0, 0.1) is 0 Å². The van der Waals surface area contributed by atoms with E-state index in [9.17, 15) is 0 Å². The van der Waals surface area contributed by atoms with Crippen molar-refractivity contribution in [2.24, 2.45) is 0 Å². The zero-order chi connectivity index (χ0) is 13.3. The number of hydrogen-bond acceptors (Lipinski definition) is 4. The Labute approximate surface area is 118 Å². The molecular weight excluding hydrogens is 264 g/mol. The lowest BCUT2D eigenvalue weighted by atomic mass is 9.70. The predicted molar refractivity (Wildman–Crippen MR) is 74.6 cm³/mol. The van der Waals surface area contributed by atoms with Gasteiger partial charge in [-0.1, -0.05) is 11.6 Å².